The second kappa shape index (κ2) is 3.53. The summed E-state index contributed by atoms with van der Waals surface area (Å²) in [4.78, 5) is 0. The Kier molecular flexibility index (Phi) is 2.65. The maximum Gasteiger partial charge on any atom is 0.107 e. The molecule has 0 radical (unpaired) electrons. The van der Waals surface area contributed by atoms with Crippen LogP contribution in [0.2, 0.25) is 0 Å². The van der Waals surface area contributed by atoms with Gasteiger partial charge >= 0.3 is 0 Å². The van der Waals surface area contributed by atoms with E-state index < -0.39 is 0 Å². The molecule has 0 aliphatic carbocycles. The number of rotatable bonds is 3. The molecule has 1 aromatic rings. The molecule has 0 spiro atoms. The van der Waals surface area contributed by atoms with Crippen molar-refractivity contribution < 1.29 is 4.74 Å². The van der Waals surface area contributed by atoms with Crippen LogP contribution in [0.3, 0.4) is 0 Å². The van der Waals surface area contributed by atoms with Gasteiger partial charge in [0.05, 0.1) is 12.3 Å². The van der Waals surface area contributed by atoms with Crippen LogP contribution < -0.4 is 5.73 Å². The van der Waals surface area contributed by atoms with E-state index >= 15 is 0 Å². The van der Waals surface area contributed by atoms with Gasteiger partial charge in [0.1, 0.15) is 5.00 Å². The number of nitrogens with two attached hydrogens (primary N) is 1. The summed E-state index contributed by atoms with van der Waals surface area (Å²) >= 11 is 1.30. The Morgan fingerprint density at radius 1 is 1.80 bits per heavy atom. The summed E-state index contributed by atoms with van der Waals surface area (Å²) in [5.74, 6) is 0. The zero-order valence-corrected chi connectivity index (χ0v) is 6.65. The lowest BCUT2D eigenvalue weighted by molar-refractivity contribution is 0.132. The lowest BCUT2D eigenvalue weighted by Crippen LogP contribution is -1.90. The van der Waals surface area contributed by atoms with Crippen LogP contribution in [0.25, 0.3) is 0 Å². The Balaban J connectivity index is 2.42. The van der Waals surface area contributed by atoms with Gasteiger partial charge in [0.15, 0.2) is 0 Å². The standard InChI is InChI=1S/C6H10N2OS/c1-2-9-4-5-3-6(7)10-8-5/h3H,2,4,7H2,1H3. The second-order valence-electron chi connectivity index (χ2n) is 1.86. The first-order valence-corrected chi connectivity index (χ1v) is 3.89. The highest BCUT2D eigenvalue weighted by molar-refractivity contribution is 7.09. The lowest BCUT2D eigenvalue weighted by Gasteiger charge is -1.93. The molecule has 56 valence electrons. The molecule has 3 nitrogen and oxygen atoms in total. The first kappa shape index (κ1) is 7.50. The van der Waals surface area contributed by atoms with Crippen molar-refractivity contribution in [3.05, 3.63) is 11.8 Å². The minimum Gasteiger partial charge on any atom is -0.389 e. The topological polar surface area (TPSA) is 48.1 Å². The van der Waals surface area contributed by atoms with Crippen LogP contribution in [0, 0.1) is 0 Å². The molecule has 1 aromatic heterocycles. The maximum atomic E-state index is 5.45. The van der Waals surface area contributed by atoms with Crippen molar-refractivity contribution in [2.24, 2.45) is 0 Å². The molecule has 1 rings (SSSR count). The van der Waals surface area contributed by atoms with Gasteiger partial charge in [0.25, 0.3) is 0 Å². The van der Waals surface area contributed by atoms with Crippen molar-refractivity contribution in [1.29, 1.82) is 0 Å². The highest BCUT2D eigenvalue weighted by Gasteiger charge is 1.96. The Morgan fingerprint density at radius 3 is 3.10 bits per heavy atom. The van der Waals surface area contributed by atoms with E-state index in [0.29, 0.717) is 6.61 Å². The van der Waals surface area contributed by atoms with Crippen molar-refractivity contribution >= 4 is 16.5 Å². The number of aromatic nitrogens is 1. The zero-order valence-electron chi connectivity index (χ0n) is 5.83. The Labute approximate surface area is 64.0 Å². The van der Waals surface area contributed by atoms with Gasteiger partial charge in [0.2, 0.25) is 0 Å². The highest BCUT2D eigenvalue weighted by Crippen LogP contribution is 2.11. The predicted octanol–water partition coefficient (Wildman–Crippen LogP) is 1.26. The first-order valence-electron chi connectivity index (χ1n) is 3.11. The summed E-state index contributed by atoms with van der Waals surface area (Å²) in [5, 5.41) is 0.745. The second-order valence-corrected chi connectivity index (χ2v) is 2.69. The molecule has 0 amide bonds. The van der Waals surface area contributed by atoms with Crippen LogP contribution >= 0.6 is 11.5 Å². The fourth-order valence-electron chi connectivity index (χ4n) is 0.603. The molecule has 0 fully saturated rings. The summed E-state index contributed by atoms with van der Waals surface area (Å²) in [7, 11) is 0. The summed E-state index contributed by atoms with van der Waals surface area (Å²) in [6.45, 7) is 3.25. The lowest BCUT2D eigenvalue weighted by atomic mass is 10.4. The molecule has 0 aromatic carbocycles. The third-order valence-corrected chi connectivity index (χ3v) is 1.69. The molecule has 0 aliphatic heterocycles. The van der Waals surface area contributed by atoms with Crippen molar-refractivity contribution in [3.63, 3.8) is 0 Å². The molecule has 0 bridgehead atoms. The van der Waals surface area contributed by atoms with Crippen molar-refractivity contribution in [2.45, 2.75) is 13.5 Å². The number of hydrogen-bond acceptors (Lipinski definition) is 4. The number of nitrogens with zero attached hydrogens (tertiary/aromatic N) is 1. The first-order chi connectivity index (χ1) is 4.83. The van der Waals surface area contributed by atoms with Crippen LogP contribution in [0.5, 0.6) is 0 Å². The molecule has 0 unspecified atom stereocenters. The smallest absolute Gasteiger partial charge is 0.107 e. The number of anilines is 1. The average Bonchev–Trinajstić information content (AvgIpc) is 2.31. The minimum atomic E-state index is 0.574. The van der Waals surface area contributed by atoms with Gasteiger partial charge in [0, 0.05) is 6.61 Å². The van der Waals surface area contributed by atoms with Crippen LogP contribution in [0.1, 0.15) is 12.6 Å². The largest absolute Gasteiger partial charge is 0.389 e. The highest BCUT2D eigenvalue weighted by atomic mass is 32.1. The molecule has 2 N–H and O–H groups in total. The molecular weight excluding hydrogens is 148 g/mol. The summed E-state index contributed by atoms with van der Waals surface area (Å²) in [5.41, 5.74) is 6.37. The van der Waals surface area contributed by atoms with E-state index in [9.17, 15) is 0 Å². The van der Waals surface area contributed by atoms with Crippen LogP contribution in [-0.4, -0.2) is 11.0 Å². The molecule has 0 aliphatic rings. The molecule has 1 heterocycles. The van der Waals surface area contributed by atoms with Crippen molar-refractivity contribution in [3.8, 4) is 0 Å². The van der Waals surface area contributed by atoms with Gasteiger partial charge in [-0.2, -0.15) is 4.37 Å². The fourth-order valence-corrected chi connectivity index (χ4v) is 1.12. The van der Waals surface area contributed by atoms with Crippen LogP contribution in [0.15, 0.2) is 6.07 Å². The molecule has 0 saturated heterocycles. The minimum absolute atomic E-state index is 0.574. The quantitative estimate of drug-likeness (QED) is 0.720. The van der Waals surface area contributed by atoms with E-state index in [4.69, 9.17) is 10.5 Å². The molecule has 0 atom stereocenters. The van der Waals surface area contributed by atoms with Crippen LogP contribution in [0.4, 0.5) is 5.00 Å². The Morgan fingerprint density at radius 2 is 2.60 bits per heavy atom. The third-order valence-electron chi connectivity index (χ3n) is 1.03. The van der Waals surface area contributed by atoms with Crippen molar-refractivity contribution in [1.82, 2.24) is 4.37 Å². The van der Waals surface area contributed by atoms with E-state index in [0.717, 1.165) is 17.3 Å². The Hall–Kier alpha value is -0.610. The van der Waals surface area contributed by atoms with Gasteiger partial charge in [-0.25, -0.2) is 0 Å². The molecular formula is C6H10N2OS. The van der Waals surface area contributed by atoms with E-state index in [2.05, 4.69) is 4.37 Å². The molecule has 10 heavy (non-hydrogen) atoms. The van der Waals surface area contributed by atoms with Crippen LogP contribution in [-0.2, 0) is 11.3 Å². The predicted molar refractivity (Wildman–Crippen MR) is 41.9 cm³/mol. The number of nitrogen functional groups attached to an aromatic ring is 1. The monoisotopic (exact) mass is 158 g/mol. The van der Waals surface area contributed by atoms with E-state index in [1.165, 1.54) is 11.5 Å². The maximum absolute atomic E-state index is 5.45. The van der Waals surface area contributed by atoms with Gasteiger partial charge in [-0.15, -0.1) is 0 Å². The SMILES string of the molecule is CCOCc1cc(N)sn1. The molecule has 4 heteroatoms. The van der Waals surface area contributed by atoms with E-state index in [1.54, 1.807) is 0 Å². The van der Waals surface area contributed by atoms with Gasteiger partial charge in [-0.05, 0) is 24.5 Å². The van der Waals surface area contributed by atoms with Gasteiger partial charge in [-0.1, -0.05) is 0 Å². The third kappa shape index (κ3) is 1.97. The summed E-state index contributed by atoms with van der Waals surface area (Å²) in [6.07, 6.45) is 0. The zero-order chi connectivity index (χ0) is 7.40. The number of ether oxygens (including phenoxy) is 1. The van der Waals surface area contributed by atoms with E-state index in [1.807, 2.05) is 13.0 Å². The fraction of sp³-hybridized carbons (Fsp3) is 0.500. The molecule has 0 saturated carbocycles. The van der Waals surface area contributed by atoms with E-state index in [-0.39, 0.29) is 0 Å². The normalized spacial score (nSPS) is 10.1. The number of hydrogen-bond donors (Lipinski definition) is 1. The summed E-state index contributed by atoms with van der Waals surface area (Å²) < 4.78 is 9.17. The van der Waals surface area contributed by atoms with Gasteiger partial charge in [-0.3, -0.25) is 0 Å². The summed E-state index contributed by atoms with van der Waals surface area (Å²) in [6, 6.07) is 1.83. The van der Waals surface area contributed by atoms with Crippen molar-refractivity contribution in [2.75, 3.05) is 12.3 Å². The Bertz CT molecular complexity index is 199. The van der Waals surface area contributed by atoms with Gasteiger partial charge < -0.3 is 10.5 Å². The average molecular weight is 158 g/mol.